The van der Waals surface area contributed by atoms with E-state index in [4.69, 9.17) is 4.74 Å². The van der Waals surface area contributed by atoms with Crippen molar-refractivity contribution < 1.29 is 19.4 Å². The minimum atomic E-state index is -0.556. The molecule has 0 radical (unpaired) electrons. The summed E-state index contributed by atoms with van der Waals surface area (Å²) in [7, 11) is 1.59. The molecule has 2 fully saturated rings. The molecule has 2 amide bonds. The van der Waals surface area contributed by atoms with Crippen molar-refractivity contribution in [1.82, 2.24) is 10.6 Å². The van der Waals surface area contributed by atoms with Crippen LogP contribution in [0.3, 0.4) is 0 Å². The van der Waals surface area contributed by atoms with Crippen LogP contribution in [0.2, 0.25) is 0 Å². The lowest BCUT2D eigenvalue weighted by molar-refractivity contribution is -0.144. The molecule has 178 valence electrons. The Bertz CT molecular complexity index is 770. The van der Waals surface area contributed by atoms with Crippen LogP contribution in [-0.2, 0) is 20.9 Å². The Labute approximate surface area is 192 Å². The number of benzene rings is 1. The van der Waals surface area contributed by atoms with Gasteiger partial charge in [0.15, 0.2) is 0 Å². The Kier molecular flexibility index (Phi) is 8.34. The number of methoxy groups -OCH3 is 1. The van der Waals surface area contributed by atoms with Gasteiger partial charge in [0.2, 0.25) is 11.8 Å². The highest BCUT2D eigenvalue weighted by atomic mass is 16.5. The van der Waals surface area contributed by atoms with Crippen LogP contribution in [0.4, 0.5) is 0 Å². The predicted molar refractivity (Wildman–Crippen MR) is 125 cm³/mol. The van der Waals surface area contributed by atoms with Crippen molar-refractivity contribution in [1.29, 1.82) is 0 Å². The van der Waals surface area contributed by atoms with E-state index < -0.39 is 6.10 Å². The van der Waals surface area contributed by atoms with Crippen molar-refractivity contribution in [2.75, 3.05) is 13.7 Å². The topological polar surface area (TPSA) is 87.7 Å². The second kappa shape index (κ2) is 10.8. The second-order valence-corrected chi connectivity index (χ2v) is 10.2. The molecular formula is C26H40N2O4. The first-order valence-corrected chi connectivity index (χ1v) is 12.0. The lowest BCUT2D eigenvalue weighted by Gasteiger charge is -2.56. The molecule has 0 spiro atoms. The van der Waals surface area contributed by atoms with Crippen molar-refractivity contribution in [2.45, 2.75) is 71.6 Å². The molecule has 0 saturated heterocycles. The van der Waals surface area contributed by atoms with Gasteiger partial charge in [-0.2, -0.15) is 0 Å². The molecule has 2 saturated carbocycles. The minimum Gasteiger partial charge on any atom is -0.392 e. The van der Waals surface area contributed by atoms with Crippen molar-refractivity contribution in [3.8, 4) is 0 Å². The zero-order chi connectivity index (χ0) is 23.3. The molecular weight excluding hydrogens is 404 g/mol. The van der Waals surface area contributed by atoms with Crippen LogP contribution >= 0.6 is 0 Å². The molecule has 6 nitrogen and oxygen atoms in total. The predicted octanol–water partition coefficient (Wildman–Crippen LogP) is 3.28. The Morgan fingerprint density at radius 2 is 1.91 bits per heavy atom. The van der Waals surface area contributed by atoms with E-state index in [1.165, 1.54) is 0 Å². The van der Waals surface area contributed by atoms with Crippen LogP contribution in [0.5, 0.6) is 0 Å². The van der Waals surface area contributed by atoms with Gasteiger partial charge in [0.1, 0.15) is 0 Å². The standard InChI is InChI=1S/C26H40N2O4/c1-17(25(31)27-16-19-8-6-5-7-9-19)20-10-13-26(3)14-11-21(18(2)23(26)24(20)30)28-22(29)12-15-32-4/h5-9,17-18,20-21,23-24,30H,10-16H2,1-4H3,(H,27,31)(H,28,29)/t17-,18+,20?,21-,23+,24-,26-/m0/s1. The fourth-order valence-electron chi connectivity index (χ4n) is 6.11. The third-order valence-corrected chi connectivity index (χ3v) is 8.13. The zero-order valence-electron chi connectivity index (χ0n) is 20.0. The molecule has 7 atom stereocenters. The molecule has 0 aromatic heterocycles. The molecule has 0 heterocycles. The number of nitrogens with one attached hydrogen (secondary N) is 2. The Hall–Kier alpha value is -1.92. The second-order valence-electron chi connectivity index (χ2n) is 10.2. The van der Waals surface area contributed by atoms with Crippen molar-refractivity contribution in [3.05, 3.63) is 35.9 Å². The smallest absolute Gasteiger partial charge is 0.223 e. The summed E-state index contributed by atoms with van der Waals surface area (Å²) in [6.45, 7) is 7.27. The van der Waals surface area contributed by atoms with Gasteiger partial charge in [0.05, 0.1) is 12.7 Å². The van der Waals surface area contributed by atoms with E-state index in [0.717, 1.165) is 31.2 Å². The molecule has 3 rings (SSSR count). The number of hydrogen-bond donors (Lipinski definition) is 3. The fourth-order valence-corrected chi connectivity index (χ4v) is 6.11. The van der Waals surface area contributed by atoms with Gasteiger partial charge in [0.25, 0.3) is 0 Å². The lowest BCUT2D eigenvalue weighted by Crippen LogP contribution is -2.58. The van der Waals surface area contributed by atoms with Crippen LogP contribution < -0.4 is 10.6 Å². The minimum absolute atomic E-state index is 0.00260. The Morgan fingerprint density at radius 3 is 2.59 bits per heavy atom. The molecule has 0 bridgehead atoms. The van der Waals surface area contributed by atoms with Gasteiger partial charge in [-0.15, -0.1) is 0 Å². The number of carbonyl (C=O) groups is 2. The van der Waals surface area contributed by atoms with Crippen molar-refractivity contribution in [2.24, 2.45) is 29.1 Å². The molecule has 3 N–H and O–H groups in total. The SMILES string of the molecule is COCCC(=O)N[C@H]1CC[C@]2(C)CCC([C@H](C)C(=O)NCc3ccccc3)[C@H](O)[C@H]2[C@@H]1C. The number of fused-ring (bicyclic) bond motifs is 1. The fraction of sp³-hybridized carbons (Fsp3) is 0.692. The Balaban J connectivity index is 1.64. The number of carbonyl (C=O) groups excluding carboxylic acids is 2. The third-order valence-electron chi connectivity index (χ3n) is 8.13. The highest BCUT2D eigenvalue weighted by molar-refractivity contribution is 5.78. The molecule has 2 aliphatic carbocycles. The monoisotopic (exact) mass is 444 g/mol. The summed E-state index contributed by atoms with van der Waals surface area (Å²) < 4.78 is 5.02. The van der Waals surface area contributed by atoms with Crippen LogP contribution in [0.1, 0.15) is 58.4 Å². The summed E-state index contributed by atoms with van der Waals surface area (Å²) in [6.07, 6.45) is 3.56. The van der Waals surface area contributed by atoms with Crippen LogP contribution in [0.25, 0.3) is 0 Å². The normalized spacial score (nSPS) is 33.1. The number of rotatable bonds is 8. The first-order chi connectivity index (χ1) is 15.3. The molecule has 0 aliphatic heterocycles. The average molecular weight is 445 g/mol. The van der Waals surface area contributed by atoms with Crippen molar-refractivity contribution in [3.63, 3.8) is 0 Å². The number of aliphatic hydroxyl groups is 1. The summed E-state index contributed by atoms with van der Waals surface area (Å²) in [5.41, 5.74) is 1.11. The number of hydrogen-bond acceptors (Lipinski definition) is 4. The van der Waals surface area contributed by atoms with Gasteiger partial charge < -0.3 is 20.5 Å². The Morgan fingerprint density at radius 1 is 1.22 bits per heavy atom. The van der Waals surface area contributed by atoms with Gasteiger partial charge >= 0.3 is 0 Å². The zero-order valence-corrected chi connectivity index (χ0v) is 20.0. The number of aliphatic hydroxyl groups excluding tert-OH is 1. The van der Waals surface area contributed by atoms with E-state index in [1.807, 2.05) is 37.3 Å². The first kappa shape index (κ1) is 24.7. The third kappa shape index (κ3) is 5.52. The molecule has 2 aliphatic rings. The average Bonchev–Trinajstić information content (AvgIpc) is 2.78. The summed E-state index contributed by atoms with van der Waals surface area (Å²) in [5, 5.41) is 17.7. The van der Waals surface area contributed by atoms with Crippen LogP contribution in [0.15, 0.2) is 30.3 Å². The van der Waals surface area contributed by atoms with Gasteiger partial charge in [-0.25, -0.2) is 0 Å². The van der Waals surface area contributed by atoms with E-state index in [2.05, 4.69) is 24.5 Å². The summed E-state index contributed by atoms with van der Waals surface area (Å²) in [6, 6.07) is 9.93. The maximum absolute atomic E-state index is 12.9. The van der Waals surface area contributed by atoms with Gasteiger partial charge in [-0.1, -0.05) is 51.1 Å². The maximum atomic E-state index is 12.9. The van der Waals surface area contributed by atoms with E-state index >= 15 is 0 Å². The number of amides is 2. The quantitative estimate of drug-likeness (QED) is 0.574. The molecule has 6 heteroatoms. The van der Waals surface area contributed by atoms with Crippen LogP contribution in [-0.4, -0.2) is 42.8 Å². The summed E-state index contributed by atoms with van der Waals surface area (Å²) in [5.74, 6) is -0.127. The summed E-state index contributed by atoms with van der Waals surface area (Å²) >= 11 is 0. The lowest BCUT2D eigenvalue weighted by atomic mass is 9.51. The van der Waals surface area contributed by atoms with Gasteiger partial charge in [-0.05, 0) is 54.4 Å². The highest BCUT2D eigenvalue weighted by Crippen LogP contribution is 2.55. The van der Waals surface area contributed by atoms with Crippen LogP contribution in [0, 0.1) is 29.1 Å². The summed E-state index contributed by atoms with van der Waals surface area (Å²) in [4.78, 5) is 25.2. The largest absolute Gasteiger partial charge is 0.392 e. The molecule has 1 unspecified atom stereocenters. The first-order valence-electron chi connectivity index (χ1n) is 12.0. The maximum Gasteiger partial charge on any atom is 0.223 e. The van der Waals surface area contributed by atoms with E-state index in [9.17, 15) is 14.7 Å². The van der Waals surface area contributed by atoms with Crippen molar-refractivity contribution >= 4 is 11.8 Å². The number of ether oxygens (including phenoxy) is 1. The van der Waals surface area contributed by atoms with E-state index in [-0.39, 0.29) is 46.9 Å². The van der Waals surface area contributed by atoms with E-state index in [1.54, 1.807) is 7.11 Å². The van der Waals surface area contributed by atoms with Gasteiger partial charge in [0, 0.05) is 32.0 Å². The molecule has 1 aromatic carbocycles. The van der Waals surface area contributed by atoms with Gasteiger partial charge in [-0.3, -0.25) is 9.59 Å². The molecule has 32 heavy (non-hydrogen) atoms. The van der Waals surface area contributed by atoms with E-state index in [0.29, 0.717) is 19.6 Å². The highest BCUT2D eigenvalue weighted by Gasteiger charge is 2.53. The molecule has 1 aromatic rings.